The maximum Gasteiger partial charge on any atom is 0.338 e. The van der Waals surface area contributed by atoms with E-state index in [1.807, 2.05) is 36.4 Å². The number of rotatable bonds is 4. The monoisotopic (exact) mass is 320 g/mol. The van der Waals surface area contributed by atoms with Crippen molar-refractivity contribution in [3.8, 4) is 5.75 Å². The third kappa shape index (κ3) is 3.58. The molecule has 0 bridgehead atoms. The van der Waals surface area contributed by atoms with Crippen LogP contribution in [-0.4, -0.2) is 13.1 Å². The first-order valence-corrected chi connectivity index (χ1v) is 6.54. The zero-order valence-electron chi connectivity index (χ0n) is 10.4. The highest BCUT2D eigenvalue weighted by Gasteiger charge is 2.12. The molecule has 3 nitrogen and oxygen atoms in total. The first kappa shape index (κ1) is 13.6. The van der Waals surface area contributed by atoms with Gasteiger partial charge in [0.2, 0.25) is 0 Å². The van der Waals surface area contributed by atoms with Gasteiger partial charge >= 0.3 is 5.97 Å². The van der Waals surface area contributed by atoms with Gasteiger partial charge in [-0.2, -0.15) is 0 Å². The Hall–Kier alpha value is -1.81. The van der Waals surface area contributed by atoms with Gasteiger partial charge < -0.3 is 9.47 Å². The minimum Gasteiger partial charge on any atom is -0.489 e. The molecule has 0 fully saturated rings. The number of methoxy groups -OCH3 is 1. The summed E-state index contributed by atoms with van der Waals surface area (Å²) < 4.78 is 11.3. The topological polar surface area (TPSA) is 35.5 Å². The Balaban J connectivity index is 2.19. The molecule has 0 atom stereocenters. The van der Waals surface area contributed by atoms with Gasteiger partial charge in [-0.3, -0.25) is 0 Å². The normalized spacial score (nSPS) is 10.0. The molecule has 19 heavy (non-hydrogen) atoms. The number of para-hydroxylation sites is 1. The van der Waals surface area contributed by atoms with Crippen molar-refractivity contribution in [2.45, 2.75) is 6.61 Å². The van der Waals surface area contributed by atoms with Crippen LogP contribution in [0.4, 0.5) is 0 Å². The molecule has 0 aliphatic carbocycles. The van der Waals surface area contributed by atoms with Gasteiger partial charge in [-0.15, -0.1) is 0 Å². The Morgan fingerprint density at radius 3 is 2.58 bits per heavy atom. The summed E-state index contributed by atoms with van der Waals surface area (Å²) in [6.45, 7) is 0.313. The first-order valence-electron chi connectivity index (χ1n) is 5.75. The highest BCUT2D eigenvalue weighted by atomic mass is 79.9. The van der Waals surface area contributed by atoms with Crippen LogP contribution in [0.25, 0.3) is 0 Å². The van der Waals surface area contributed by atoms with Gasteiger partial charge in [-0.1, -0.05) is 34.1 Å². The summed E-state index contributed by atoms with van der Waals surface area (Å²) in [4.78, 5) is 11.7. The predicted molar refractivity (Wildman–Crippen MR) is 76.3 cm³/mol. The Morgan fingerprint density at radius 2 is 1.89 bits per heavy atom. The number of hydrogen-bond donors (Lipinski definition) is 0. The van der Waals surface area contributed by atoms with Crippen LogP contribution in [0, 0.1) is 0 Å². The van der Waals surface area contributed by atoms with Crippen molar-refractivity contribution in [3.63, 3.8) is 0 Å². The summed E-state index contributed by atoms with van der Waals surface area (Å²) in [6.07, 6.45) is 0. The number of esters is 1. The van der Waals surface area contributed by atoms with Gasteiger partial charge in [0.05, 0.1) is 12.7 Å². The summed E-state index contributed by atoms with van der Waals surface area (Å²) in [5.74, 6) is 0.400. The molecule has 0 radical (unpaired) electrons. The van der Waals surface area contributed by atoms with Crippen LogP contribution in [0.15, 0.2) is 53.0 Å². The molecule has 98 valence electrons. The molecule has 2 aromatic carbocycles. The third-order valence-electron chi connectivity index (χ3n) is 2.61. The lowest BCUT2D eigenvalue weighted by molar-refractivity contribution is 0.0597. The zero-order valence-corrected chi connectivity index (χ0v) is 12.0. The third-order valence-corrected chi connectivity index (χ3v) is 3.10. The van der Waals surface area contributed by atoms with E-state index in [1.54, 1.807) is 12.1 Å². The van der Waals surface area contributed by atoms with Crippen molar-refractivity contribution >= 4 is 21.9 Å². The van der Waals surface area contributed by atoms with Crippen molar-refractivity contribution in [3.05, 3.63) is 64.1 Å². The van der Waals surface area contributed by atoms with Crippen molar-refractivity contribution in [2.24, 2.45) is 0 Å². The first-order chi connectivity index (χ1) is 9.20. The lowest BCUT2D eigenvalue weighted by Crippen LogP contribution is -2.08. The molecule has 0 N–H and O–H groups in total. The van der Waals surface area contributed by atoms with Crippen molar-refractivity contribution in [1.29, 1.82) is 0 Å². The van der Waals surface area contributed by atoms with E-state index in [4.69, 9.17) is 9.47 Å². The molecule has 0 spiro atoms. The summed E-state index contributed by atoms with van der Waals surface area (Å²) in [5.41, 5.74) is 1.30. The second kappa shape index (κ2) is 6.38. The summed E-state index contributed by atoms with van der Waals surface area (Å²) in [5, 5.41) is 0. The minimum absolute atomic E-state index is 0.313. The average molecular weight is 321 g/mol. The van der Waals surface area contributed by atoms with Gasteiger partial charge in [0.25, 0.3) is 0 Å². The van der Waals surface area contributed by atoms with Crippen molar-refractivity contribution < 1.29 is 14.3 Å². The molecule has 0 aliphatic rings. The number of carbonyl (C=O) groups excluding carboxylic acids is 1. The van der Waals surface area contributed by atoms with E-state index >= 15 is 0 Å². The average Bonchev–Trinajstić information content (AvgIpc) is 2.45. The number of carbonyl (C=O) groups is 1. The SMILES string of the molecule is COC(=O)c1ccc(Br)cc1COc1ccccc1. The fourth-order valence-electron chi connectivity index (χ4n) is 1.67. The van der Waals surface area contributed by atoms with Gasteiger partial charge in [0, 0.05) is 10.0 Å². The zero-order chi connectivity index (χ0) is 13.7. The van der Waals surface area contributed by atoms with Gasteiger partial charge in [0.15, 0.2) is 0 Å². The molecule has 0 aliphatic heterocycles. The van der Waals surface area contributed by atoms with E-state index in [0.717, 1.165) is 15.8 Å². The smallest absolute Gasteiger partial charge is 0.338 e. The van der Waals surface area contributed by atoms with Crippen LogP contribution in [-0.2, 0) is 11.3 Å². The molecular weight excluding hydrogens is 308 g/mol. The van der Waals surface area contributed by atoms with Crippen LogP contribution in [0.5, 0.6) is 5.75 Å². The van der Waals surface area contributed by atoms with E-state index < -0.39 is 0 Å². The molecule has 0 amide bonds. The van der Waals surface area contributed by atoms with Crippen LogP contribution in [0.1, 0.15) is 15.9 Å². The fourth-order valence-corrected chi connectivity index (χ4v) is 2.08. The Kier molecular flexibility index (Phi) is 4.58. The van der Waals surface area contributed by atoms with E-state index in [9.17, 15) is 4.79 Å². The molecule has 2 rings (SSSR count). The van der Waals surface area contributed by atoms with Crippen LogP contribution >= 0.6 is 15.9 Å². The molecule has 4 heteroatoms. The second-order valence-corrected chi connectivity index (χ2v) is 4.81. The minimum atomic E-state index is -0.362. The van der Waals surface area contributed by atoms with Crippen molar-refractivity contribution in [2.75, 3.05) is 7.11 Å². The molecule has 0 heterocycles. The maximum absolute atomic E-state index is 11.7. The van der Waals surface area contributed by atoms with Crippen LogP contribution < -0.4 is 4.74 Å². The van der Waals surface area contributed by atoms with Crippen LogP contribution in [0.3, 0.4) is 0 Å². The largest absolute Gasteiger partial charge is 0.489 e. The lowest BCUT2D eigenvalue weighted by atomic mass is 10.1. The van der Waals surface area contributed by atoms with Crippen molar-refractivity contribution in [1.82, 2.24) is 0 Å². The van der Waals surface area contributed by atoms with E-state index in [-0.39, 0.29) is 5.97 Å². The fraction of sp³-hybridized carbons (Fsp3) is 0.133. The standard InChI is InChI=1S/C15H13BrO3/c1-18-15(17)14-8-7-12(16)9-11(14)10-19-13-5-3-2-4-6-13/h2-9H,10H2,1H3. The lowest BCUT2D eigenvalue weighted by Gasteiger charge is -2.10. The number of halogens is 1. The molecule has 0 aromatic heterocycles. The maximum atomic E-state index is 11.7. The molecule has 0 unspecified atom stereocenters. The summed E-state index contributed by atoms with van der Waals surface area (Å²) >= 11 is 3.39. The van der Waals surface area contributed by atoms with Gasteiger partial charge in [-0.25, -0.2) is 4.79 Å². The molecule has 0 saturated carbocycles. The number of benzene rings is 2. The predicted octanol–water partition coefficient (Wildman–Crippen LogP) is 3.81. The Labute approximate surface area is 120 Å². The highest BCUT2D eigenvalue weighted by molar-refractivity contribution is 9.10. The highest BCUT2D eigenvalue weighted by Crippen LogP contribution is 2.20. The summed E-state index contributed by atoms with van der Waals surface area (Å²) in [7, 11) is 1.37. The van der Waals surface area contributed by atoms with Gasteiger partial charge in [0.1, 0.15) is 12.4 Å². The quantitative estimate of drug-likeness (QED) is 0.803. The van der Waals surface area contributed by atoms with E-state index in [2.05, 4.69) is 15.9 Å². The number of ether oxygens (including phenoxy) is 2. The Morgan fingerprint density at radius 1 is 1.16 bits per heavy atom. The molecular formula is C15H13BrO3. The van der Waals surface area contributed by atoms with E-state index in [0.29, 0.717) is 12.2 Å². The number of hydrogen-bond acceptors (Lipinski definition) is 3. The molecule has 0 saturated heterocycles. The molecule has 2 aromatic rings. The second-order valence-electron chi connectivity index (χ2n) is 3.89. The summed E-state index contributed by atoms with van der Waals surface area (Å²) in [6, 6.07) is 14.8. The Bertz CT molecular complexity index is 567. The van der Waals surface area contributed by atoms with Gasteiger partial charge in [-0.05, 0) is 30.3 Å². The van der Waals surface area contributed by atoms with E-state index in [1.165, 1.54) is 7.11 Å². The van der Waals surface area contributed by atoms with Crippen LogP contribution in [0.2, 0.25) is 0 Å².